The summed E-state index contributed by atoms with van der Waals surface area (Å²) in [6, 6.07) is 5.16. The lowest BCUT2D eigenvalue weighted by atomic mass is 9.99. The summed E-state index contributed by atoms with van der Waals surface area (Å²) in [6.07, 6.45) is 4.34. The molecule has 2 aromatic heterocycles. The van der Waals surface area contributed by atoms with Crippen LogP contribution in [0.5, 0.6) is 11.6 Å². The zero-order chi connectivity index (χ0) is 36.0. The van der Waals surface area contributed by atoms with Gasteiger partial charge in [-0.25, -0.2) is 19.0 Å². The van der Waals surface area contributed by atoms with Crippen LogP contribution in [-0.4, -0.2) is 95.1 Å². The third-order valence-electron chi connectivity index (χ3n) is 9.23. The summed E-state index contributed by atoms with van der Waals surface area (Å²) >= 11 is 0. The molecule has 2 fully saturated rings. The minimum atomic E-state index is -0.869. The van der Waals surface area contributed by atoms with Crippen LogP contribution in [0.15, 0.2) is 24.4 Å². The zero-order valence-corrected chi connectivity index (χ0v) is 30.2. The molecule has 3 aliphatic heterocycles. The number of hydrogen-bond donors (Lipinski definition) is 1. The normalized spacial score (nSPS) is 19.6. The van der Waals surface area contributed by atoms with E-state index in [2.05, 4.69) is 14.9 Å². The standard InChI is InChI=1S/C37H49FN6O6/c1-36(2,3)49-34(45)43-17-15-23(20-43)44(35(46)50-37(4,5)6)31-26-19-40-29(25-14-8-11-22-12-10-18-47-32(22)25)27(38)30(26)41-33(28(31)39)48-21-24-13-9-16-42(24)7/h8,11,14,19,23-24H,9-10,12-13,15-18,20-21,39H2,1-7H3. The van der Waals surface area contributed by atoms with Crippen LogP contribution in [-0.2, 0) is 15.9 Å². The molecule has 0 saturated carbocycles. The Bertz CT molecular complexity index is 1770. The van der Waals surface area contributed by atoms with E-state index >= 15 is 4.39 Å². The Morgan fingerprint density at radius 2 is 1.84 bits per heavy atom. The maximum atomic E-state index is 17.0. The number of rotatable bonds is 6. The molecule has 3 aromatic rings. The van der Waals surface area contributed by atoms with Crippen molar-refractivity contribution in [3.05, 3.63) is 35.8 Å². The molecule has 0 aliphatic carbocycles. The van der Waals surface area contributed by atoms with Gasteiger partial charge in [-0.05, 0) is 98.9 Å². The third kappa shape index (κ3) is 7.38. The number of nitrogen functional groups attached to an aromatic ring is 1. The number of carbonyl (C=O) groups is 2. The molecule has 6 rings (SSSR count). The van der Waals surface area contributed by atoms with Crippen molar-refractivity contribution in [1.82, 2.24) is 19.8 Å². The maximum absolute atomic E-state index is 17.0. The Balaban J connectivity index is 1.50. The molecule has 5 heterocycles. The first kappa shape index (κ1) is 35.4. The molecule has 12 nitrogen and oxygen atoms in total. The largest absolute Gasteiger partial charge is 0.493 e. The lowest BCUT2D eigenvalue weighted by Gasteiger charge is -2.33. The molecule has 0 bridgehead atoms. The first-order chi connectivity index (χ1) is 23.6. The van der Waals surface area contributed by atoms with E-state index in [1.165, 1.54) is 11.1 Å². The molecule has 0 radical (unpaired) electrons. The molecule has 13 heteroatoms. The first-order valence-electron chi connectivity index (χ1n) is 17.5. The molecule has 0 spiro atoms. The number of pyridine rings is 2. The summed E-state index contributed by atoms with van der Waals surface area (Å²) in [4.78, 5) is 41.7. The second kappa shape index (κ2) is 13.7. The minimum absolute atomic E-state index is 0.00532. The number of anilines is 2. The third-order valence-corrected chi connectivity index (χ3v) is 9.23. The summed E-state index contributed by atoms with van der Waals surface area (Å²) in [5.41, 5.74) is 7.04. The Morgan fingerprint density at radius 3 is 2.54 bits per heavy atom. The van der Waals surface area contributed by atoms with Crippen molar-refractivity contribution < 1.29 is 32.9 Å². The van der Waals surface area contributed by atoms with Crippen molar-refractivity contribution in [1.29, 1.82) is 0 Å². The van der Waals surface area contributed by atoms with Gasteiger partial charge >= 0.3 is 12.2 Å². The molecule has 2 saturated heterocycles. The fourth-order valence-corrected chi connectivity index (χ4v) is 6.84. The van der Waals surface area contributed by atoms with Gasteiger partial charge < -0.3 is 34.5 Å². The summed E-state index contributed by atoms with van der Waals surface area (Å²) in [6.45, 7) is 12.9. The highest BCUT2D eigenvalue weighted by Crippen LogP contribution is 2.44. The average molecular weight is 693 g/mol. The first-order valence-corrected chi connectivity index (χ1v) is 17.5. The Kier molecular flexibility index (Phi) is 9.73. The predicted octanol–water partition coefficient (Wildman–Crippen LogP) is 6.57. The van der Waals surface area contributed by atoms with E-state index in [1.54, 1.807) is 52.5 Å². The number of likely N-dealkylation sites (tertiary alicyclic amines) is 2. The van der Waals surface area contributed by atoms with E-state index in [0.717, 1.165) is 37.8 Å². The van der Waals surface area contributed by atoms with Crippen molar-refractivity contribution in [2.24, 2.45) is 0 Å². The Hall–Kier alpha value is -4.39. The molecule has 270 valence electrons. The number of nitrogens with two attached hydrogens (primary N) is 1. The number of fused-ring (bicyclic) bond motifs is 2. The number of likely N-dealkylation sites (N-methyl/N-ethyl adjacent to an activating group) is 1. The smallest absolute Gasteiger partial charge is 0.415 e. The van der Waals surface area contributed by atoms with Crippen molar-refractivity contribution in [3.8, 4) is 22.9 Å². The van der Waals surface area contributed by atoms with Gasteiger partial charge in [0.15, 0.2) is 5.82 Å². The molecule has 3 aliphatic rings. The van der Waals surface area contributed by atoms with Gasteiger partial charge in [0.1, 0.15) is 40.5 Å². The fourth-order valence-electron chi connectivity index (χ4n) is 6.84. The fraction of sp³-hybridized carbons (Fsp3) is 0.568. The maximum Gasteiger partial charge on any atom is 0.415 e. The number of ether oxygens (including phenoxy) is 4. The van der Waals surface area contributed by atoms with Crippen LogP contribution in [0, 0.1) is 5.82 Å². The molecule has 1 aromatic carbocycles. The Morgan fingerprint density at radius 1 is 1.08 bits per heavy atom. The van der Waals surface area contributed by atoms with E-state index < -0.39 is 35.2 Å². The molecule has 50 heavy (non-hydrogen) atoms. The van der Waals surface area contributed by atoms with E-state index in [-0.39, 0.29) is 53.0 Å². The molecule has 2 amide bonds. The predicted molar refractivity (Wildman–Crippen MR) is 189 cm³/mol. The summed E-state index contributed by atoms with van der Waals surface area (Å²) in [7, 11) is 2.03. The minimum Gasteiger partial charge on any atom is -0.493 e. The number of amides is 2. The molecule has 2 N–H and O–H groups in total. The van der Waals surface area contributed by atoms with Gasteiger partial charge in [-0.2, -0.15) is 0 Å². The van der Waals surface area contributed by atoms with Crippen LogP contribution in [0.2, 0.25) is 0 Å². The van der Waals surface area contributed by atoms with Crippen molar-refractivity contribution in [3.63, 3.8) is 0 Å². The van der Waals surface area contributed by atoms with E-state index in [0.29, 0.717) is 30.9 Å². The van der Waals surface area contributed by atoms with Crippen LogP contribution in [0.1, 0.15) is 72.8 Å². The second-order valence-electron chi connectivity index (χ2n) is 15.4. The van der Waals surface area contributed by atoms with Gasteiger partial charge in [-0.3, -0.25) is 9.88 Å². The highest BCUT2D eigenvalue weighted by Gasteiger charge is 2.40. The monoisotopic (exact) mass is 692 g/mol. The van der Waals surface area contributed by atoms with Gasteiger partial charge in [0.05, 0.1) is 18.3 Å². The Labute approximate surface area is 293 Å². The quantitative estimate of drug-likeness (QED) is 0.303. The average Bonchev–Trinajstić information content (AvgIpc) is 3.69. The topological polar surface area (TPSA) is 133 Å². The molecular weight excluding hydrogens is 643 g/mol. The number of aromatic nitrogens is 2. The number of benzene rings is 1. The summed E-state index contributed by atoms with van der Waals surface area (Å²) in [5.74, 6) is -0.0877. The zero-order valence-electron chi connectivity index (χ0n) is 30.2. The van der Waals surface area contributed by atoms with Crippen LogP contribution in [0.4, 0.5) is 25.4 Å². The summed E-state index contributed by atoms with van der Waals surface area (Å²) < 4.78 is 40.8. The van der Waals surface area contributed by atoms with Gasteiger partial charge in [0.25, 0.3) is 0 Å². The molecular formula is C37H49FN6O6. The van der Waals surface area contributed by atoms with Crippen LogP contribution < -0.4 is 20.1 Å². The van der Waals surface area contributed by atoms with E-state index in [9.17, 15) is 9.59 Å². The van der Waals surface area contributed by atoms with Crippen molar-refractivity contribution in [2.45, 2.75) is 96.9 Å². The van der Waals surface area contributed by atoms with Crippen LogP contribution in [0.25, 0.3) is 22.2 Å². The van der Waals surface area contributed by atoms with Crippen molar-refractivity contribution >= 4 is 34.5 Å². The van der Waals surface area contributed by atoms with Gasteiger partial charge in [-0.1, -0.05) is 12.1 Å². The number of hydrogen-bond acceptors (Lipinski definition) is 10. The highest BCUT2D eigenvalue weighted by molar-refractivity contribution is 6.07. The number of para-hydroxylation sites is 1. The van der Waals surface area contributed by atoms with E-state index in [4.69, 9.17) is 24.7 Å². The van der Waals surface area contributed by atoms with Gasteiger partial charge in [0.2, 0.25) is 5.88 Å². The van der Waals surface area contributed by atoms with Gasteiger partial charge in [0, 0.05) is 36.3 Å². The summed E-state index contributed by atoms with van der Waals surface area (Å²) in [5, 5.41) is 0.210. The number of halogens is 1. The molecule has 2 atom stereocenters. The lowest BCUT2D eigenvalue weighted by molar-refractivity contribution is 0.0287. The lowest BCUT2D eigenvalue weighted by Crippen LogP contribution is -2.46. The SMILES string of the molecule is CN1CCCC1COc1nc2c(F)c(-c3cccc4c3OCCC4)ncc2c(N(C(=O)OC(C)(C)C)C2CCN(C(=O)OC(C)(C)C)C2)c1N. The second-order valence-corrected chi connectivity index (χ2v) is 15.4. The van der Waals surface area contributed by atoms with Crippen LogP contribution >= 0.6 is 0 Å². The number of nitrogens with zero attached hydrogens (tertiary/aromatic N) is 5. The van der Waals surface area contributed by atoms with E-state index in [1.807, 2.05) is 19.2 Å². The van der Waals surface area contributed by atoms with Gasteiger partial charge in [-0.15, -0.1) is 0 Å². The highest BCUT2D eigenvalue weighted by atomic mass is 19.1. The van der Waals surface area contributed by atoms with Crippen LogP contribution in [0.3, 0.4) is 0 Å². The molecule has 2 unspecified atom stereocenters. The van der Waals surface area contributed by atoms with Crippen molar-refractivity contribution in [2.75, 3.05) is 50.5 Å². The number of aryl methyl sites for hydroxylation is 1. The number of carbonyl (C=O) groups excluding carboxylic acids is 2.